The largest absolute Gasteiger partial charge is 0.321 e. The number of pyridine rings is 1. The van der Waals surface area contributed by atoms with Crippen LogP contribution in [0.25, 0.3) is 10.6 Å². The molecule has 0 aliphatic rings. The zero-order valence-corrected chi connectivity index (χ0v) is 14.3. The minimum absolute atomic E-state index is 0.218. The summed E-state index contributed by atoms with van der Waals surface area (Å²) in [7, 11) is 0. The zero-order valence-electron chi connectivity index (χ0n) is 12.8. The molecule has 0 unspecified atom stereocenters. The summed E-state index contributed by atoms with van der Waals surface area (Å²) in [5.74, 6) is -0.218. The Kier molecular flexibility index (Phi) is 4.46. The molecule has 2 aromatic heterocycles. The molecule has 0 atom stereocenters. The van der Waals surface area contributed by atoms with E-state index in [9.17, 15) is 4.79 Å². The van der Waals surface area contributed by atoms with Crippen LogP contribution in [0.1, 0.15) is 20.8 Å². The summed E-state index contributed by atoms with van der Waals surface area (Å²) in [6.07, 6.45) is 1.69. The Balaban J connectivity index is 1.94. The number of halogens is 1. The van der Waals surface area contributed by atoms with Gasteiger partial charge in [0.15, 0.2) is 0 Å². The second-order valence-electron chi connectivity index (χ2n) is 5.25. The third kappa shape index (κ3) is 3.44. The van der Waals surface area contributed by atoms with Gasteiger partial charge in [0.25, 0.3) is 5.91 Å². The molecule has 1 amide bonds. The monoisotopic (exact) mass is 342 g/mol. The molecular weight excluding hydrogens is 328 g/mol. The summed E-state index contributed by atoms with van der Waals surface area (Å²) in [5.41, 5.74) is 2.86. The number of hydrogen-bond donors (Lipinski definition) is 1. The molecule has 0 aliphatic carbocycles. The van der Waals surface area contributed by atoms with Crippen LogP contribution < -0.4 is 5.32 Å². The van der Waals surface area contributed by atoms with E-state index in [0.717, 1.165) is 10.4 Å². The van der Waals surface area contributed by atoms with Crippen molar-refractivity contribution < 1.29 is 4.79 Å². The van der Waals surface area contributed by atoms with Crippen LogP contribution in [0.3, 0.4) is 0 Å². The minimum Gasteiger partial charge on any atom is -0.321 e. The molecule has 1 aromatic carbocycles. The molecule has 116 valence electrons. The van der Waals surface area contributed by atoms with Gasteiger partial charge in [-0.3, -0.25) is 9.78 Å². The van der Waals surface area contributed by atoms with Crippen molar-refractivity contribution in [3.63, 3.8) is 0 Å². The second kappa shape index (κ2) is 6.52. The average molecular weight is 343 g/mol. The van der Waals surface area contributed by atoms with Crippen molar-refractivity contribution in [2.75, 3.05) is 5.32 Å². The fourth-order valence-electron chi connectivity index (χ4n) is 2.26. The second-order valence-corrected chi connectivity index (χ2v) is 6.94. The molecule has 0 saturated carbocycles. The highest BCUT2D eigenvalue weighted by molar-refractivity contribution is 7.15. The van der Waals surface area contributed by atoms with E-state index in [4.69, 9.17) is 11.6 Å². The van der Waals surface area contributed by atoms with E-state index in [1.54, 1.807) is 35.7 Å². The average Bonchev–Trinajstić information content (AvgIpc) is 2.96. The maximum Gasteiger partial charge on any atom is 0.257 e. The van der Waals surface area contributed by atoms with Crippen molar-refractivity contribution in [1.29, 1.82) is 0 Å². The Morgan fingerprint density at radius 2 is 2.00 bits per heavy atom. The van der Waals surface area contributed by atoms with Crippen LogP contribution in [0.5, 0.6) is 0 Å². The number of thiophene rings is 1. The molecule has 0 bridgehead atoms. The first-order valence-electron chi connectivity index (χ1n) is 7.14. The third-order valence-electron chi connectivity index (χ3n) is 3.40. The van der Waals surface area contributed by atoms with Gasteiger partial charge in [0.2, 0.25) is 0 Å². The lowest BCUT2D eigenvalue weighted by atomic mass is 10.1. The van der Waals surface area contributed by atoms with Gasteiger partial charge in [-0.05, 0) is 55.8 Å². The van der Waals surface area contributed by atoms with Crippen molar-refractivity contribution in [3.8, 4) is 10.6 Å². The first-order chi connectivity index (χ1) is 11.0. The fraction of sp³-hybridized carbons (Fsp3) is 0.111. The molecule has 2 heterocycles. The Morgan fingerprint density at radius 1 is 1.17 bits per heavy atom. The van der Waals surface area contributed by atoms with Crippen LogP contribution >= 0.6 is 22.9 Å². The SMILES string of the molecule is Cc1ccc(NC(=O)c2cccnc2-c2ccc(C)s2)c(Cl)c1. The normalized spacial score (nSPS) is 10.6. The Hall–Kier alpha value is -2.17. The summed E-state index contributed by atoms with van der Waals surface area (Å²) in [6, 6.07) is 13.1. The van der Waals surface area contributed by atoms with Crippen LogP contribution in [0.15, 0.2) is 48.7 Å². The van der Waals surface area contributed by atoms with E-state index in [0.29, 0.717) is 22.0 Å². The van der Waals surface area contributed by atoms with Gasteiger partial charge in [0.1, 0.15) is 0 Å². The van der Waals surface area contributed by atoms with Gasteiger partial charge in [-0.2, -0.15) is 0 Å². The predicted molar refractivity (Wildman–Crippen MR) is 96.4 cm³/mol. The van der Waals surface area contributed by atoms with Gasteiger partial charge < -0.3 is 5.32 Å². The molecule has 0 spiro atoms. The van der Waals surface area contributed by atoms with Crippen LogP contribution in [0.2, 0.25) is 5.02 Å². The van der Waals surface area contributed by atoms with Gasteiger partial charge in [-0.15, -0.1) is 11.3 Å². The zero-order chi connectivity index (χ0) is 16.4. The standard InChI is InChI=1S/C18H15ClN2OS/c1-11-5-7-15(14(19)10-11)21-18(22)13-4-3-9-20-17(13)16-8-6-12(2)23-16/h3-10H,1-2H3,(H,21,22). The van der Waals surface area contributed by atoms with E-state index in [-0.39, 0.29) is 5.91 Å². The summed E-state index contributed by atoms with van der Waals surface area (Å²) in [5, 5.41) is 3.39. The quantitative estimate of drug-likeness (QED) is 0.698. The molecule has 1 N–H and O–H groups in total. The number of benzene rings is 1. The number of aromatic nitrogens is 1. The van der Waals surface area contributed by atoms with E-state index in [1.807, 2.05) is 38.1 Å². The summed E-state index contributed by atoms with van der Waals surface area (Å²) in [6.45, 7) is 3.98. The first kappa shape index (κ1) is 15.7. The van der Waals surface area contributed by atoms with Crippen molar-refractivity contribution in [1.82, 2.24) is 4.98 Å². The molecule has 23 heavy (non-hydrogen) atoms. The lowest BCUT2D eigenvalue weighted by molar-refractivity contribution is 0.102. The first-order valence-corrected chi connectivity index (χ1v) is 8.33. The molecule has 3 nitrogen and oxygen atoms in total. The van der Waals surface area contributed by atoms with Crippen LogP contribution in [-0.4, -0.2) is 10.9 Å². The molecule has 0 radical (unpaired) electrons. The lowest BCUT2D eigenvalue weighted by Gasteiger charge is -2.10. The highest BCUT2D eigenvalue weighted by atomic mass is 35.5. The Bertz CT molecular complexity index is 873. The van der Waals surface area contributed by atoms with Crippen molar-refractivity contribution in [3.05, 3.63) is 69.7 Å². The summed E-state index contributed by atoms with van der Waals surface area (Å²) in [4.78, 5) is 19.2. The maximum atomic E-state index is 12.6. The summed E-state index contributed by atoms with van der Waals surface area (Å²) >= 11 is 7.81. The number of anilines is 1. The number of nitrogens with one attached hydrogen (secondary N) is 1. The third-order valence-corrected chi connectivity index (χ3v) is 4.72. The highest BCUT2D eigenvalue weighted by Crippen LogP contribution is 2.30. The topological polar surface area (TPSA) is 42.0 Å². The van der Waals surface area contributed by atoms with Crippen molar-refractivity contribution in [2.45, 2.75) is 13.8 Å². The maximum absolute atomic E-state index is 12.6. The van der Waals surface area contributed by atoms with Gasteiger partial charge >= 0.3 is 0 Å². The number of aryl methyl sites for hydroxylation is 2. The molecule has 3 rings (SSSR count). The van der Waals surface area contributed by atoms with Gasteiger partial charge in [-0.1, -0.05) is 17.7 Å². The smallest absolute Gasteiger partial charge is 0.257 e. The summed E-state index contributed by atoms with van der Waals surface area (Å²) < 4.78 is 0. The molecule has 0 saturated heterocycles. The Morgan fingerprint density at radius 3 is 2.70 bits per heavy atom. The molecule has 5 heteroatoms. The van der Waals surface area contributed by atoms with E-state index < -0.39 is 0 Å². The highest BCUT2D eigenvalue weighted by Gasteiger charge is 2.16. The predicted octanol–water partition coefficient (Wildman–Crippen LogP) is 5.33. The van der Waals surface area contributed by atoms with Crippen LogP contribution in [0.4, 0.5) is 5.69 Å². The minimum atomic E-state index is -0.218. The molecule has 3 aromatic rings. The number of hydrogen-bond acceptors (Lipinski definition) is 3. The number of amides is 1. The van der Waals surface area contributed by atoms with Gasteiger partial charge in [0.05, 0.1) is 26.8 Å². The van der Waals surface area contributed by atoms with Crippen LogP contribution in [-0.2, 0) is 0 Å². The fourth-order valence-corrected chi connectivity index (χ4v) is 3.42. The van der Waals surface area contributed by atoms with Gasteiger partial charge in [-0.25, -0.2) is 0 Å². The number of carbonyl (C=O) groups is 1. The number of rotatable bonds is 3. The van der Waals surface area contributed by atoms with Crippen molar-refractivity contribution >= 4 is 34.5 Å². The van der Waals surface area contributed by atoms with E-state index in [2.05, 4.69) is 10.3 Å². The van der Waals surface area contributed by atoms with Crippen LogP contribution in [0, 0.1) is 13.8 Å². The number of carbonyl (C=O) groups excluding carboxylic acids is 1. The van der Waals surface area contributed by atoms with E-state index in [1.165, 1.54) is 4.88 Å². The Labute approximate surface area is 144 Å². The van der Waals surface area contributed by atoms with Crippen molar-refractivity contribution in [2.24, 2.45) is 0 Å². The van der Waals surface area contributed by atoms with Gasteiger partial charge in [0, 0.05) is 11.1 Å². The molecule has 0 aliphatic heterocycles. The number of nitrogens with zero attached hydrogens (tertiary/aromatic N) is 1. The lowest BCUT2D eigenvalue weighted by Crippen LogP contribution is -2.14. The molecule has 0 fully saturated rings. The van der Waals surface area contributed by atoms with E-state index >= 15 is 0 Å². The molecular formula is C18H15ClN2OS.